The van der Waals surface area contributed by atoms with Crippen LogP contribution in [0.1, 0.15) is 19.3 Å². The molecule has 1 aromatic heterocycles. The molecular formula is C16H16FN3. The molecule has 1 aliphatic carbocycles. The number of rotatable bonds is 2. The molecule has 0 amide bonds. The lowest BCUT2D eigenvalue weighted by Gasteiger charge is -2.29. The zero-order valence-electron chi connectivity index (χ0n) is 11.2. The van der Waals surface area contributed by atoms with Gasteiger partial charge in [-0.3, -0.25) is 0 Å². The number of anilines is 1. The van der Waals surface area contributed by atoms with Crippen molar-refractivity contribution in [3.8, 4) is 11.4 Å². The van der Waals surface area contributed by atoms with Crippen LogP contribution in [0.5, 0.6) is 0 Å². The summed E-state index contributed by atoms with van der Waals surface area (Å²) in [5, 5.41) is 0. The van der Waals surface area contributed by atoms with Crippen molar-refractivity contribution in [2.75, 3.05) is 11.4 Å². The van der Waals surface area contributed by atoms with Gasteiger partial charge in [0, 0.05) is 23.8 Å². The van der Waals surface area contributed by atoms with Crippen LogP contribution in [-0.4, -0.2) is 22.6 Å². The Bertz CT molecular complexity index is 609. The molecule has 2 aliphatic rings. The zero-order chi connectivity index (χ0) is 13.5. The molecule has 2 atom stereocenters. The summed E-state index contributed by atoms with van der Waals surface area (Å²) in [6.45, 7) is 1.19. The Morgan fingerprint density at radius 1 is 1.05 bits per heavy atom. The number of piperidine rings is 1. The summed E-state index contributed by atoms with van der Waals surface area (Å²) in [6.07, 6.45) is 6.48. The van der Waals surface area contributed by atoms with Gasteiger partial charge in [0.25, 0.3) is 0 Å². The summed E-state index contributed by atoms with van der Waals surface area (Å²) in [4.78, 5) is 10.5. The molecule has 20 heavy (non-hydrogen) atoms. The van der Waals surface area contributed by atoms with Crippen LogP contribution in [0.25, 0.3) is 11.4 Å². The van der Waals surface area contributed by atoms with Crippen LogP contribution in [0.3, 0.4) is 0 Å². The Kier molecular flexibility index (Phi) is 2.69. The fourth-order valence-electron chi connectivity index (χ4n) is 3.50. The predicted molar refractivity (Wildman–Crippen MR) is 75.9 cm³/mol. The van der Waals surface area contributed by atoms with E-state index >= 15 is 0 Å². The summed E-state index contributed by atoms with van der Waals surface area (Å²) in [5.41, 5.74) is 2.21. The van der Waals surface area contributed by atoms with E-state index in [0.29, 0.717) is 5.82 Å². The SMILES string of the molecule is Fc1cnc(-c2ccc(N3C[C@@H]4CC[C@H]3C4)cc2)nc1. The second kappa shape index (κ2) is 4.54. The molecule has 1 aromatic carbocycles. The molecule has 4 heteroatoms. The fraction of sp³-hybridized carbons (Fsp3) is 0.375. The quantitative estimate of drug-likeness (QED) is 0.838. The summed E-state index contributed by atoms with van der Waals surface area (Å²) in [7, 11) is 0. The maximum Gasteiger partial charge on any atom is 0.159 e. The second-order valence-corrected chi connectivity index (χ2v) is 5.76. The lowest BCUT2D eigenvalue weighted by Crippen LogP contribution is -2.31. The monoisotopic (exact) mass is 269 g/mol. The molecule has 1 saturated carbocycles. The summed E-state index contributed by atoms with van der Waals surface area (Å²) < 4.78 is 12.8. The first-order valence-corrected chi connectivity index (χ1v) is 7.14. The Hall–Kier alpha value is -1.97. The maximum atomic E-state index is 12.8. The van der Waals surface area contributed by atoms with Crippen LogP contribution in [0.15, 0.2) is 36.7 Å². The van der Waals surface area contributed by atoms with Crippen molar-refractivity contribution >= 4 is 5.69 Å². The van der Waals surface area contributed by atoms with Crippen molar-refractivity contribution in [2.24, 2.45) is 5.92 Å². The molecule has 2 aromatic rings. The van der Waals surface area contributed by atoms with Crippen LogP contribution in [-0.2, 0) is 0 Å². The zero-order valence-corrected chi connectivity index (χ0v) is 11.2. The first kappa shape index (κ1) is 11.8. The van der Waals surface area contributed by atoms with Crippen LogP contribution in [0.2, 0.25) is 0 Å². The van der Waals surface area contributed by atoms with Crippen LogP contribution >= 0.6 is 0 Å². The van der Waals surface area contributed by atoms with Gasteiger partial charge in [0.15, 0.2) is 11.6 Å². The van der Waals surface area contributed by atoms with Gasteiger partial charge in [0.1, 0.15) is 0 Å². The highest BCUT2D eigenvalue weighted by atomic mass is 19.1. The largest absolute Gasteiger partial charge is 0.368 e. The summed E-state index contributed by atoms with van der Waals surface area (Å²) in [5.74, 6) is 1.06. The number of hydrogen-bond acceptors (Lipinski definition) is 3. The van der Waals surface area contributed by atoms with Crippen molar-refractivity contribution in [3.05, 3.63) is 42.5 Å². The van der Waals surface area contributed by atoms with E-state index in [1.54, 1.807) is 0 Å². The van der Waals surface area contributed by atoms with Gasteiger partial charge < -0.3 is 4.90 Å². The molecule has 0 unspecified atom stereocenters. The van der Waals surface area contributed by atoms with Gasteiger partial charge in [-0.1, -0.05) is 0 Å². The smallest absolute Gasteiger partial charge is 0.159 e. The molecule has 2 fully saturated rings. The topological polar surface area (TPSA) is 29.0 Å². The van der Waals surface area contributed by atoms with Gasteiger partial charge in [0.2, 0.25) is 0 Å². The standard InChI is InChI=1S/C16H16FN3/c17-13-8-18-16(19-9-13)12-2-5-14(6-3-12)20-10-11-1-4-15(20)7-11/h2-3,5-6,8-9,11,15H,1,4,7,10H2/t11-,15+/m1/s1. The fourth-order valence-corrected chi connectivity index (χ4v) is 3.50. The molecule has 1 saturated heterocycles. The van der Waals surface area contributed by atoms with Gasteiger partial charge >= 0.3 is 0 Å². The average Bonchev–Trinajstić information content (AvgIpc) is 3.11. The summed E-state index contributed by atoms with van der Waals surface area (Å²) >= 11 is 0. The van der Waals surface area contributed by atoms with E-state index in [4.69, 9.17) is 0 Å². The highest BCUT2D eigenvalue weighted by molar-refractivity contribution is 5.61. The molecule has 4 rings (SSSR count). The van der Waals surface area contributed by atoms with Crippen LogP contribution in [0, 0.1) is 11.7 Å². The Morgan fingerprint density at radius 2 is 1.80 bits per heavy atom. The van der Waals surface area contributed by atoms with Crippen LogP contribution < -0.4 is 4.90 Å². The van der Waals surface area contributed by atoms with E-state index in [-0.39, 0.29) is 0 Å². The lowest BCUT2D eigenvalue weighted by atomic mass is 10.1. The van der Waals surface area contributed by atoms with Crippen molar-refractivity contribution in [1.82, 2.24) is 9.97 Å². The number of benzene rings is 1. The first-order chi connectivity index (χ1) is 9.79. The molecule has 2 heterocycles. The molecule has 2 bridgehead atoms. The molecule has 0 N–H and O–H groups in total. The van der Waals surface area contributed by atoms with E-state index in [1.165, 1.54) is 43.9 Å². The summed E-state index contributed by atoms with van der Waals surface area (Å²) in [6, 6.07) is 9.03. The van der Waals surface area contributed by atoms with Crippen molar-refractivity contribution in [2.45, 2.75) is 25.3 Å². The second-order valence-electron chi connectivity index (χ2n) is 5.76. The lowest BCUT2D eigenvalue weighted by molar-refractivity contribution is 0.553. The highest BCUT2D eigenvalue weighted by Crippen LogP contribution is 2.40. The van der Waals surface area contributed by atoms with E-state index in [9.17, 15) is 4.39 Å². The molecule has 0 radical (unpaired) electrons. The van der Waals surface area contributed by atoms with E-state index in [1.807, 2.05) is 12.1 Å². The van der Waals surface area contributed by atoms with Crippen LogP contribution in [0.4, 0.5) is 10.1 Å². The molecule has 102 valence electrons. The minimum absolute atomic E-state index is 0.404. The third-order valence-corrected chi connectivity index (χ3v) is 4.49. The normalized spacial score (nSPS) is 24.4. The number of nitrogens with zero attached hydrogens (tertiary/aromatic N) is 3. The first-order valence-electron chi connectivity index (χ1n) is 7.14. The van der Waals surface area contributed by atoms with Gasteiger partial charge in [-0.15, -0.1) is 0 Å². The van der Waals surface area contributed by atoms with E-state index in [2.05, 4.69) is 27.0 Å². The Labute approximate surface area is 117 Å². The van der Waals surface area contributed by atoms with Gasteiger partial charge in [-0.05, 0) is 49.4 Å². The van der Waals surface area contributed by atoms with Gasteiger partial charge in [0.05, 0.1) is 12.4 Å². The van der Waals surface area contributed by atoms with Gasteiger partial charge in [-0.25, -0.2) is 14.4 Å². The number of aromatic nitrogens is 2. The minimum atomic E-state index is -0.404. The highest BCUT2D eigenvalue weighted by Gasteiger charge is 2.37. The average molecular weight is 269 g/mol. The van der Waals surface area contributed by atoms with E-state index < -0.39 is 5.82 Å². The maximum absolute atomic E-state index is 12.8. The Balaban J connectivity index is 1.58. The van der Waals surface area contributed by atoms with Gasteiger partial charge in [-0.2, -0.15) is 0 Å². The predicted octanol–water partition coefficient (Wildman–Crippen LogP) is 3.27. The third-order valence-electron chi connectivity index (χ3n) is 4.49. The molecular weight excluding hydrogens is 253 g/mol. The number of hydrogen-bond donors (Lipinski definition) is 0. The van der Waals surface area contributed by atoms with Crippen molar-refractivity contribution in [3.63, 3.8) is 0 Å². The molecule has 0 spiro atoms. The number of halogens is 1. The third kappa shape index (κ3) is 1.96. The minimum Gasteiger partial charge on any atom is -0.368 e. The van der Waals surface area contributed by atoms with E-state index in [0.717, 1.165) is 17.5 Å². The van der Waals surface area contributed by atoms with Crippen molar-refractivity contribution < 1.29 is 4.39 Å². The number of fused-ring (bicyclic) bond motifs is 2. The van der Waals surface area contributed by atoms with Crippen molar-refractivity contribution in [1.29, 1.82) is 0 Å². The molecule has 1 aliphatic heterocycles. The molecule has 3 nitrogen and oxygen atoms in total. The Morgan fingerprint density at radius 3 is 2.40 bits per heavy atom.